The van der Waals surface area contributed by atoms with E-state index in [1.165, 1.54) is 0 Å². The van der Waals surface area contributed by atoms with Crippen LogP contribution >= 0.6 is 23.2 Å². The Labute approximate surface area is 168 Å². The molecule has 0 heterocycles. The highest BCUT2D eigenvalue weighted by atomic mass is 35.5. The van der Waals surface area contributed by atoms with Crippen LogP contribution in [0.15, 0.2) is 36.4 Å². The summed E-state index contributed by atoms with van der Waals surface area (Å²) in [6.45, 7) is 2.70. The Bertz CT molecular complexity index is 828. The van der Waals surface area contributed by atoms with Gasteiger partial charge in [0.1, 0.15) is 0 Å². The van der Waals surface area contributed by atoms with Crippen molar-refractivity contribution in [3.63, 3.8) is 0 Å². The lowest BCUT2D eigenvalue weighted by Gasteiger charge is -2.12. The van der Waals surface area contributed by atoms with Crippen LogP contribution in [0.4, 0.5) is 11.4 Å². The van der Waals surface area contributed by atoms with Gasteiger partial charge in [0.05, 0.1) is 23.7 Å². The molecule has 0 aromatic heterocycles. The predicted octanol–water partition coefficient (Wildman–Crippen LogP) is 3.73. The molecule has 2 aromatic rings. The first-order chi connectivity index (χ1) is 12.9. The number of hydrogen-bond donors (Lipinski definition) is 3. The average Bonchev–Trinajstić information content (AvgIpc) is 2.64. The zero-order valence-electron chi connectivity index (χ0n) is 15.1. The molecular weight excluding hydrogens is 389 g/mol. The molecule has 0 aliphatic carbocycles. The smallest absolute Gasteiger partial charge is 0.252 e. The molecule has 0 atom stereocenters. The van der Waals surface area contributed by atoms with Crippen LogP contribution in [0.25, 0.3) is 0 Å². The van der Waals surface area contributed by atoms with Crippen molar-refractivity contribution in [3.8, 4) is 0 Å². The Kier molecular flexibility index (Phi) is 7.91. The normalized spacial score (nSPS) is 10.4. The number of rotatable bonds is 8. The molecule has 3 N–H and O–H groups in total. The van der Waals surface area contributed by atoms with Gasteiger partial charge in [0, 0.05) is 30.1 Å². The molecular formula is C19H21Cl2N3O3. The summed E-state index contributed by atoms with van der Waals surface area (Å²) >= 11 is 12.2. The van der Waals surface area contributed by atoms with Crippen LogP contribution in [-0.4, -0.2) is 38.6 Å². The summed E-state index contributed by atoms with van der Waals surface area (Å²) in [6.07, 6.45) is 0. The van der Waals surface area contributed by atoms with Crippen molar-refractivity contribution in [3.05, 3.63) is 57.6 Å². The topological polar surface area (TPSA) is 79.5 Å². The van der Waals surface area contributed by atoms with Gasteiger partial charge < -0.3 is 20.7 Å². The molecule has 0 saturated heterocycles. The summed E-state index contributed by atoms with van der Waals surface area (Å²) in [5, 5.41) is 9.36. The number of methoxy groups -OCH3 is 1. The molecule has 0 fully saturated rings. The fourth-order valence-corrected chi connectivity index (χ4v) is 2.73. The molecule has 0 aliphatic heterocycles. The maximum Gasteiger partial charge on any atom is 0.252 e. The number of anilines is 2. The summed E-state index contributed by atoms with van der Waals surface area (Å²) < 4.78 is 4.89. The van der Waals surface area contributed by atoms with Crippen LogP contribution in [0.3, 0.4) is 0 Å². The lowest BCUT2D eigenvalue weighted by Crippen LogP contribution is -2.27. The average molecular weight is 410 g/mol. The maximum atomic E-state index is 12.1. The van der Waals surface area contributed by atoms with Gasteiger partial charge in [-0.25, -0.2) is 0 Å². The first kappa shape index (κ1) is 21.0. The number of amides is 2. The lowest BCUT2D eigenvalue weighted by atomic mass is 10.2. The molecule has 2 amide bonds. The van der Waals surface area contributed by atoms with Gasteiger partial charge >= 0.3 is 0 Å². The number of benzene rings is 2. The Morgan fingerprint density at radius 3 is 2.59 bits per heavy atom. The van der Waals surface area contributed by atoms with Crippen LogP contribution in [0, 0.1) is 6.92 Å². The largest absolute Gasteiger partial charge is 0.383 e. The van der Waals surface area contributed by atoms with Crippen molar-refractivity contribution in [1.29, 1.82) is 0 Å². The molecule has 27 heavy (non-hydrogen) atoms. The highest BCUT2D eigenvalue weighted by Crippen LogP contribution is 2.23. The third-order valence-corrected chi connectivity index (χ3v) is 4.52. The van der Waals surface area contributed by atoms with E-state index in [4.69, 9.17) is 27.9 Å². The van der Waals surface area contributed by atoms with Gasteiger partial charge in [-0.05, 0) is 42.8 Å². The predicted molar refractivity (Wildman–Crippen MR) is 109 cm³/mol. The van der Waals surface area contributed by atoms with Gasteiger partial charge in [0.25, 0.3) is 5.91 Å². The Morgan fingerprint density at radius 1 is 1.11 bits per heavy atom. The van der Waals surface area contributed by atoms with E-state index in [0.717, 1.165) is 5.56 Å². The van der Waals surface area contributed by atoms with Gasteiger partial charge in [0.2, 0.25) is 5.91 Å². The third kappa shape index (κ3) is 6.13. The van der Waals surface area contributed by atoms with Crippen LogP contribution in [0.2, 0.25) is 10.0 Å². The molecule has 2 rings (SSSR count). The summed E-state index contributed by atoms with van der Waals surface area (Å²) in [6, 6.07) is 10.2. The molecule has 0 spiro atoms. The number of hydrogen-bond acceptors (Lipinski definition) is 4. The van der Waals surface area contributed by atoms with Crippen LogP contribution in [-0.2, 0) is 9.53 Å². The van der Waals surface area contributed by atoms with Gasteiger partial charge in [-0.1, -0.05) is 29.3 Å². The van der Waals surface area contributed by atoms with Gasteiger partial charge in [-0.15, -0.1) is 0 Å². The summed E-state index contributed by atoms with van der Waals surface area (Å²) in [5.74, 6) is -0.504. The fraction of sp³-hybridized carbons (Fsp3) is 0.263. The van der Waals surface area contributed by atoms with Gasteiger partial charge in [-0.2, -0.15) is 0 Å². The monoisotopic (exact) mass is 409 g/mol. The minimum Gasteiger partial charge on any atom is -0.383 e. The molecule has 144 valence electrons. The minimum absolute atomic E-state index is 0.0433. The Balaban J connectivity index is 1.92. The zero-order valence-corrected chi connectivity index (χ0v) is 16.6. The molecule has 6 nitrogen and oxygen atoms in total. The van der Waals surface area contributed by atoms with Crippen molar-refractivity contribution in [1.82, 2.24) is 5.32 Å². The van der Waals surface area contributed by atoms with Crippen molar-refractivity contribution >= 4 is 46.4 Å². The summed E-state index contributed by atoms with van der Waals surface area (Å²) in [5.41, 5.74) is 2.46. The van der Waals surface area contributed by atoms with Crippen molar-refractivity contribution in [2.24, 2.45) is 0 Å². The van der Waals surface area contributed by atoms with E-state index in [2.05, 4.69) is 16.0 Å². The van der Waals surface area contributed by atoms with Crippen LogP contribution in [0.1, 0.15) is 15.9 Å². The number of carbonyl (C=O) groups excluding carboxylic acids is 2. The van der Waals surface area contributed by atoms with Gasteiger partial charge in [-0.3, -0.25) is 9.59 Å². The van der Waals surface area contributed by atoms with E-state index in [0.29, 0.717) is 40.1 Å². The second kappa shape index (κ2) is 10.2. The van der Waals surface area contributed by atoms with Crippen molar-refractivity contribution in [2.75, 3.05) is 37.4 Å². The van der Waals surface area contributed by atoms with Crippen LogP contribution < -0.4 is 16.0 Å². The fourth-order valence-electron chi connectivity index (χ4n) is 2.29. The molecule has 0 radical (unpaired) electrons. The minimum atomic E-state index is -0.280. The van der Waals surface area contributed by atoms with E-state index < -0.39 is 0 Å². The second-order valence-electron chi connectivity index (χ2n) is 5.76. The SMILES string of the molecule is COCCNC(=O)c1ccc(NCC(=O)Nc2cccc(Cl)c2C)cc1Cl. The molecule has 0 saturated carbocycles. The highest BCUT2D eigenvalue weighted by molar-refractivity contribution is 6.34. The molecule has 0 aliphatic rings. The third-order valence-electron chi connectivity index (χ3n) is 3.80. The highest BCUT2D eigenvalue weighted by Gasteiger charge is 2.11. The molecule has 0 unspecified atom stereocenters. The lowest BCUT2D eigenvalue weighted by molar-refractivity contribution is -0.114. The maximum absolute atomic E-state index is 12.1. The number of carbonyl (C=O) groups is 2. The second-order valence-corrected chi connectivity index (χ2v) is 6.57. The number of ether oxygens (including phenoxy) is 1. The standard InChI is InChI=1S/C19H21Cl2N3O3/c1-12-15(20)4-3-5-17(12)24-18(25)11-23-13-6-7-14(16(21)10-13)19(26)22-8-9-27-2/h3-7,10,23H,8-9,11H2,1-2H3,(H,22,26)(H,24,25). The molecule has 2 aromatic carbocycles. The number of halogens is 2. The zero-order chi connectivity index (χ0) is 19.8. The van der Waals surface area contributed by atoms with E-state index in [-0.39, 0.29) is 18.4 Å². The van der Waals surface area contributed by atoms with E-state index in [1.54, 1.807) is 43.5 Å². The quantitative estimate of drug-likeness (QED) is 0.580. The Hall–Kier alpha value is -2.28. The first-order valence-electron chi connectivity index (χ1n) is 8.28. The number of nitrogens with one attached hydrogen (secondary N) is 3. The van der Waals surface area contributed by atoms with E-state index in [1.807, 2.05) is 6.92 Å². The molecule has 8 heteroatoms. The summed E-state index contributed by atoms with van der Waals surface area (Å²) in [4.78, 5) is 24.2. The van der Waals surface area contributed by atoms with E-state index in [9.17, 15) is 9.59 Å². The van der Waals surface area contributed by atoms with Crippen LogP contribution in [0.5, 0.6) is 0 Å². The molecule has 0 bridgehead atoms. The van der Waals surface area contributed by atoms with E-state index >= 15 is 0 Å². The Morgan fingerprint density at radius 2 is 1.89 bits per heavy atom. The first-order valence-corrected chi connectivity index (χ1v) is 9.03. The van der Waals surface area contributed by atoms with Crippen molar-refractivity contribution < 1.29 is 14.3 Å². The summed E-state index contributed by atoms with van der Waals surface area (Å²) in [7, 11) is 1.56. The van der Waals surface area contributed by atoms with Crippen molar-refractivity contribution in [2.45, 2.75) is 6.92 Å². The van der Waals surface area contributed by atoms with Gasteiger partial charge in [0.15, 0.2) is 0 Å².